The maximum atomic E-state index is 11.8. The van der Waals surface area contributed by atoms with Crippen LogP contribution in [0.4, 0.5) is 0 Å². The minimum absolute atomic E-state index is 0. The van der Waals surface area contributed by atoms with Gasteiger partial charge in [0.05, 0.1) is 13.2 Å². The third-order valence-corrected chi connectivity index (χ3v) is 6.78. The molecule has 0 radical (unpaired) electrons. The van der Waals surface area contributed by atoms with Crippen molar-refractivity contribution in [2.75, 3.05) is 25.7 Å². The number of benzene rings is 2. The van der Waals surface area contributed by atoms with E-state index in [1.807, 2.05) is 0 Å². The summed E-state index contributed by atoms with van der Waals surface area (Å²) in [6.45, 7) is 0.264. The van der Waals surface area contributed by atoms with Crippen LogP contribution in [0.1, 0.15) is 22.3 Å². The summed E-state index contributed by atoms with van der Waals surface area (Å²) in [6.07, 6.45) is -1.54. The SMILES string of the molecule is Cc1ccc(O)c(CN(CC(CO)N(Cc2cc(CO)ccc2O)CP(=O)(O)O)CP(=O)(O)O)c1.[Fe+2]. The molecule has 0 aliphatic heterocycles. The molecule has 0 saturated carbocycles. The van der Waals surface area contributed by atoms with Crippen LogP contribution in [0.5, 0.6) is 11.5 Å². The van der Waals surface area contributed by atoms with Gasteiger partial charge in [-0.1, -0.05) is 23.8 Å². The Bertz CT molecular complexity index is 1090. The van der Waals surface area contributed by atoms with Crippen LogP contribution in [0.2, 0.25) is 0 Å². The van der Waals surface area contributed by atoms with Gasteiger partial charge in [0, 0.05) is 36.8 Å². The summed E-state index contributed by atoms with van der Waals surface area (Å²) in [5.41, 5.74) is 1.87. The third-order valence-electron chi connectivity index (χ3n) is 5.28. The molecule has 8 N–H and O–H groups in total. The van der Waals surface area contributed by atoms with Gasteiger partial charge < -0.3 is 40.0 Å². The number of phenols is 2. The van der Waals surface area contributed by atoms with Crippen LogP contribution in [0, 0.1) is 6.92 Å². The first kappa shape index (κ1) is 32.7. The average Bonchev–Trinajstić information content (AvgIpc) is 2.73. The molecule has 36 heavy (non-hydrogen) atoms. The van der Waals surface area contributed by atoms with E-state index in [4.69, 9.17) is 0 Å². The Morgan fingerprint density at radius 1 is 0.833 bits per heavy atom. The van der Waals surface area contributed by atoms with Crippen molar-refractivity contribution in [2.45, 2.75) is 32.7 Å². The summed E-state index contributed by atoms with van der Waals surface area (Å²) in [7, 11) is -9.24. The van der Waals surface area contributed by atoms with Crippen LogP contribution in [0.25, 0.3) is 0 Å². The van der Waals surface area contributed by atoms with Crippen molar-refractivity contribution in [3.63, 3.8) is 0 Å². The number of aromatic hydroxyl groups is 2. The molecule has 0 bridgehead atoms. The van der Waals surface area contributed by atoms with Gasteiger partial charge >= 0.3 is 32.3 Å². The molecule has 0 amide bonds. The number of phenolic OH excluding ortho intramolecular Hbond substituents is 2. The molecule has 0 fully saturated rings. The van der Waals surface area contributed by atoms with E-state index in [0.717, 1.165) is 5.56 Å². The molecular formula is C21H32FeN2O10P2+2. The average molecular weight is 590 g/mol. The Hall–Kier alpha value is -1.30. The number of aliphatic hydroxyl groups is 2. The molecule has 0 heterocycles. The Morgan fingerprint density at radius 2 is 1.39 bits per heavy atom. The monoisotopic (exact) mass is 590 g/mol. The second-order valence-corrected chi connectivity index (χ2v) is 11.7. The summed E-state index contributed by atoms with van der Waals surface area (Å²) in [6, 6.07) is 7.99. The smallest absolute Gasteiger partial charge is 0.508 e. The molecule has 2 aromatic carbocycles. The maximum absolute atomic E-state index is 11.8. The molecule has 0 aromatic heterocycles. The molecule has 15 heteroatoms. The van der Waals surface area contributed by atoms with Gasteiger partial charge in [0.2, 0.25) is 0 Å². The summed E-state index contributed by atoms with van der Waals surface area (Å²) >= 11 is 0. The fourth-order valence-electron chi connectivity index (χ4n) is 3.72. The molecule has 1 unspecified atom stereocenters. The van der Waals surface area contributed by atoms with Crippen LogP contribution in [0.15, 0.2) is 36.4 Å². The van der Waals surface area contributed by atoms with E-state index in [1.165, 1.54) is 34.1 Å². The van der Waals surface area contributed by atoms with Gasteiger partial charge in [0.25, 0.3) is 0 Å². The first-order chi connectivity index (χ1) is 16.2. The van der Waals surface area contributed by atoms with E-state index in [9.17, 15) is 49.1 Å². The predicted octanol–water partition coefficient (Wildman–Crippen LogP) is 0.832. The van der Waals surface area contributed by atoms with Crippen LogP contribution in [0.3, 0.4) is 0 Å². The molecule has 2 rings (SSSR count). The number of aryl methyl sites for hydroxylation is 1. The van der Waals surface area contributed by atoms with Gasteiger partial charge in [-0.25, -0.2) is 0 Å². The molecule has 0 spiro atoms. The van der Waals surface area contributed by atoms with E-state index in [0.29, 0.717) is 11.1 Å². The van der Waals surface area contributed by atoms with Gasteiger partial charge in [-0.05, 0) is 30.7 Å². The number of hydrogen-bond acceptors (Lipinski definition) is 8. The van der Waals surface area contributed by atoms with Crippen LogP contribution < -0.4 is 0 Å². The van der Waals surface area contributed by atoms with Crippen LogP contribution >= 0.6 is 15.2 Å². The Kier molecular flexibility index (Phi) is 12.7. The zero-order valence-corrected chi connectivity index (χ0v) is 22.4. The van der Waals surface area contributed by atoms with Gasteiger partial charge in [0.15, 0.2) is 0 Å². The Morgan fingerprint density at radius 3 is 1.92 bits per heavy atom. The van der Waals surface area contributed by atoms with Gasteiger partial charge in [-0.15, -0.1) is 0 Å². The molecule has 2 aromatic rings. The normalized spacial score (nSPS) is 13.1. The van der Waals surface area contributed by atoms with E-state index in [1.54, 1.807) is 19.1 Å². The first-order valence-corrected chi connectivity index (χ1v) is 14.2. The Labute approximate surface area is 219 Å². The fourth-order valence-corrected chi connectivity index (χ4v) is 5.26. The third kappa shape index (κ3) is 11.0. The summed E-state index contributed by atoms with van der Waals surface area (Å²) in [5.74, 6) is -0.281. The van der Waals surface area contributed by atoms with Crippen molar-refractivity contribution < 1.29 is 66.2 Å². The minimum Gasteiger partial charge on any atom is -0.508 e. The van der Waals surface area contributed by atoms with Gasteiger partial charge in [-0.2, -0.15) is 0 Å². The molecule has 202 valence electrons. The number of hydrogen-bond donors (Lipinski definition) is 8. The zero-order valence-electron chi connectivity index (χ0n) is 19.5. The van der Waals surface area contributed by atoms with Gasteiger partial charge in [-0.3, -0.25) is 18.9 Å². The molecular weight excluding hydrogens is 558 g/mol. The van der Waals surface area contributed by atoms with Gasteiger partial charge in [0.1, 0.15) is 24.1 Å². The quantitative estimate of drug-likeness (QED) is 0.121. The first-order valence-electron chi connectivity index (χ1n) is 10.6. The second kappa shape index (κ2) is 14.0. The standard InChI is InChI=1S/C21H32N2O10P2.Fe/c1-15-2-4-20(26)17(6-15)8-22(13-34(28,29)30)10-19(12-25)23(14-35(31,32)33)9-18-7-16(11-24)3-5-21(18)27;/h2-7,19,24-27H,8-14H2,1H3,(H2,28,29,30)(H2,31,32,33);/q;+2. The van der Waals surface area contributed by atoms with Crippen LogP contribution in [-0.4, -0.2) is 81.6 Å². The summed E-state index contributed by atoms with van der Waals surface area (Å²) < 4.78 is 23.6. The van der Waals surface area contributed by atoms with E-state index >= 15 is 0 Å². The van der Waals surface area contributed by atoms with E-state index in [-0.39, 0.29) is 60.4 Å². The summed E-state index contributed by atoms with van der Waals surface area (Å²) in [5, 5.41) is 39.9. The van der Waals surface area contributed by atoms with Crippen molar-refractivity contribution >= 4 is 15.2 Å². The van der Waals surface area contributed by atoms with Crippen molar-refractivity contribution in [2.24, 2.45) is 0 Å². The topological polar surface area (TPSA) is 202 Å². The van der Waals surface area contributed by atoms with Crippen molar-refractivity contribution in [3.05, 3.63) is 58.7 Å². The van der Waals surface area contributed by atoms with Crippen molar-refractivity contribution in [1.29, 1.82) is 0 Å². The molecule has 0 saturated heterocycles. The number of nitrogens with zero attached hydrogens (tertiary/aromatic N) is 2. The predicted molar refractivity (Wildman–Crippen MR) is 128 cm³/mol. The van der Waals surface area contributed by atoms with Crippen molar-refractivity contribution in [3.8, 4) is 11.5 Å². The van der Waals surface area contributed by atoms with E-state index < -0.39 is 40.4 Å². The fraction of sp³-hybridized carbons (Fsp3) is 0.429. The Balaban J connectivity index is 0.00000648. The molecule has 0 aliphatic carbocycles. The molecule has 0 aliphatic rings. The number of aliphatic hydroxyl groups excluding tert-OH is 2. The maximum Gasteiger partial charge on any atom is 2.00 e. The van der Waals surface area contributed by atoms with Crippen LogP contribution in [-0.2, 0) is 45.9 Å². The van der Waals surface area contributed by atoms with Crippen molar-refractivity contribution in [1.82, 2.24) is 9.80 Å². The molecule has 1 atom stereocenters. The summed E-state index contributed by atoms with van der Waals surface area (Å²) in [4.78, 5) is 40.9. The molecule has 12 nitrogen and oxygen atoms in total. The second-order valence-electron chi connectivity index (χ2n) is 8.46. The zero-order chi connectivity index (χ0) is 26.4. The van der Waals surface area contributed by atoms with E-state index in [2.05, 4.69) is 0 Å². The minimum atomic E-state index is -4.65. The largest absolute Gasteiger partial charge is 2.00 e. The number of rotatable bonds is 13.